The molecule has 1 N–H and O–H groups in total. The summed E-state index contributed by atoms with van der Waals surface area (Å²) in [4.78, 5) is 35.0. The van der Waals surface area contributed by atoms with Gasteiger partial charge in [0.05, 0.1) is 30.4 Å². The standard InChI is InChI=1S/C32H34FN5O3.H2/c1-3-24-18-22(2)27(31(40)38-12-10-32(33,11-13-38)26-7-4-23(20-34)5-8-26)19-28(24)36-30(39)25-6-9-29(35-21-25)37-14-16-41-17-15-37;/h4-9,18-19,21H,3,10-17H2,1-2H3,(H,36,39);1H. The van der Waals surface area contributed by atoms with Gasteiger partial charge in [-0.25, -0.2) is 9.37 Å². The average Bonchev–Trinajstić information content (AvgIpc) is 3.02. The Morgan fingerprint density at radius 2 is 1.80 bits per heavy atom. The van der Waals surface area contributed by atoms with Gasteiger partial charge < -0.3 is 19.9 Å². The van der Waals surface area contributed by atoms with E-state index in [1.807, 2.05) is 26.0 Å². The van der Waals surface area contributed by atoms with Gasteiger partial charge in [-0.15, -0.1) is 0 Å². The number of hydrogen-bond donors (Lipinski definition) is 1. The lowest BCUT2D eigenvalue weighted by atomic mass is 9.85. The molecule has 9 heteroatoms. The molecular weight excluding hydrogens is 521 g/mol. The predicted molar refractivity (Wildman–Crippen MR) is 157 cm³/mol. The first-order valence-electron chi connectivity index (χ1n) is 14.0. The van der Waals surface area contributed by atoms with Gasteiger partial charge >= 0.3 is 0 Å². The molecule has 2 aliphatic rings. The van der Waals surface area contributed by atoms with E-state index < -0.39 is 5.67 Å². The van der Waals surface area contributed by atoms with Gasteiger partial charge in [0, 0.05) is 57.9 Å². The highest BCUT2D eigenvalue weighted by molar-refractivity contribution is 6.05. The summed E-state index contributed by atoms with van der Waals surface area (Å²) < 4.78 is 21.2. The topological polar surface area (TPSA) is 98.6 Å². The van der Waals surface area contributed by atoms with Gasteiger partial charge in [0.1, 0.15) is 11.5 Å². The zero-order chi connectivity index (χ0) is 29.0. The lowest BCUT2D eigenvalue weighted by Gasteiger charge is -2.37. The summed E-state index contributed by atoms with van der Waals surface area (Å²) in [7, 11) is 0. The van der Waals surface area contributed by atoms with E-state index in [-0.39, 0.29) is 39.2 Å². The molecule has 0 spiro atoms. The van der Waals surface area contributed by atoms with Crippen molar-refractivity contribution in [3.05, 3.63) is 88.1 Å². The van der Waals surface area contributed by atoms with E-state index in [1.54, 1.807) is 47.5 Å². The van der Waals surface area contributed by atoms with E-state index in [2.05, 4.69) is 21.3 Å². The van der Waals surface area contributed by atoms with Crippen LogP contribution in [0.15, 0.2) is 54.7 Å². The fraction of sp³-hybridized carbons (Fsp3) is 0.375. The van der Waals surface area contributed by atoms with Crippen molar-refractivity contribution in [1.82, 2.24) is 9.88 Å². The maximum atomic E-state index is 15.8. The second kappa shape index (κ2) is 12.1. The van der Waals surface area contributed by atoms with E-state index in [9.17, 15) is 9.59 Å². The summed E-state index contributed by atoms with van der Waals surface area (Å²) in [6.45, 7) is 7.25. The number of aromatic nitrogens is 1. The molecule has 2 fully saturated rings. The third-order valence-corrected chi connectivity index (χ3v) is 8.03. The number of alkyl halides is 1. The number of nitriles is 1. The van der Waals surface area contributed by atoms with Crippen LogP contribution in [0, 0.1) is 18.3 Å². The lowest BCUT2D eigenvalue weighted by molar-refractivity contribution is 0.0420. The second-order valence-corrected chi connectivity index (χ2v) is 10.6. The number of amides is 2. The third-order valence-electron chi connectivity index (χ3n) is 8.03. The van der Waals surface area contributed by atoms with Crippen molar-refractivity contribution in [3.8, 4) is 6.07 Å². The summed E-state index contributed by atoms with van der Waals surface area (Å²) in [5, 5.41) is 12.0. The number of carbonyl (C=O) groups excluding carboxylic acids is 2. The van der Waals surface area contributed by atoms with E-state index in [0.717, 1.165) is 30.0 Å². The van der Waals surface area contributed by atoms with Gasteiger partial charge in [0.15, 0.2) is 0 Å². The number of morpholine rings is 1. The van der Waals surface area contributed by atoms with Crippen molar-refractivity contribution in [3.63, 3.8) is 0 Å². The van der Waals surface area contributed by atoms with Gasteiger partial charge in [-0.3, -0.25) is 9.59 Å². The molecule has 8 nitrogen and oxygen atoms in total. The van der Waals surface area contributed by atoms with Crippen LogP contribution in [0.3, 0.4) is 0 Å². The second-order valence-electron chi connectivity index (χ2n) is 10.6. The molecule has 0 radical (unpaired) electrons. The highest BCUT2D eigenvalue weighted by atomic mass is 19.1. The van der Waals surface area contributed by atoms with Gasteiger partial charge in [-0.1, -0.05) is 25.1 Å². The van der Waals surface area contributed by atoms with Crippen molar-refractivity contribution < 1.29 is 20.1 Å². The maximum absolute atomic E-state index is 15.8. The van der Waals surface area contributed by atoms with Crippen molar-refractivity contribution in [2.24, 2.45) is 0 Å². The number of benzene rings is 2. The summed E-state index contributed by atoms with van der Waals surface area (Å²) in [6, 6.07) is 15.9. The third kappa shape index (κ3) is 6.08. The number of pyridine rings is 1. The molecule has 214 valence electrons. The molecule has 2 aromatic carbocycles. The van der Waals surface area contributed by atoms with Crippen LogP contribution in [-0.2, 0) is 16.8 Å². The van der Waals surface area contributed by atoms with Gasteiger partial charge in [-0.2, -0.15) is 5.26 Å². The zero-order valence-electron chi connectivity index (χ0n) is 23.5. The number of hydrogen-bond acceptors (Lipinski definition) is 6. The Morgan fingerprint density at radius 3 is 2.41 bits per heavy atom. The Balaban J connectivity index is 0.00000405. The Kier molecular flexibility index (Phi) is 8.31. The number of rotatable bonds is 6. The maximum Gasteiger partial charge on any atom is 0.257 e. The normalized spacial score (nSPS) is 16.6. The zero-order valence-corrected chi connectivity index (χ0v) is 23.5. The highest BCUT2D eigenvalue weighted by Crippen LogP contribution is 2.38. The molecule has 2 amide bonds. The quantitative estimate of drug-likeness (QED) is 0.444. The number of likely N-dealkylation sites (tertiary alicyclic amines) is 1. The minimum atomic E-state index is -1.55. The predicted octanol–water partition coefficient (Wildman–Crippen LogP) is 5.26. The van der Waals surface area contributed by atoms with E-state index in [4.69, 9.17) is 10.00 Å². The first kappa shape index (κ1) is 28.2. The molecule has 0 saturated carbocycles. The fourth-order valence-corrected chi connectivity index (χ4v) is 5.47. The molecular formula is C32H36FN5O3. The summed E-state index contributed by atoms with van der Waals surface area (Å²) >= 11 is 0. The molecule has 3 heterocycles. The number of carbonyl (C=O) groups is 2. The van der Waals surface area contributed by atoms with E-state index in [1.165, 1.54) is 0 Å². The van der Waals surface area contributed by atoms with E-state index in [0.29, 0.717) is 47.6 Å². The molecule has 0 bridgehead atoms. The SMILES string of the molecule is CCc1cc(C)c(C(=O)N2CCC(F)(c3ccc(C#N)cc3)CC2)cc1NC(=O)c1ccc(N2CCOCC2)nc1.[HH]. The summed E-state index contributed by atoms with van der Waals surface area (Å²) in [5.41, 5.74) is 2.70. The average molecular weight is 558 g/mol. The van der Waals surface area contributed by atoms with Crippen LogP contribution in [0.25, 0.3) is 0 Å². The van der Waals surface area contributed by atoms with Crippen molar-refractivity contribution in [1.29, 1.82) is 5.26 Å². The Hall–Kier alpha value is -4.29. The molecule has 1 aromatic heterocycles. The number of nitrogens with one attached hydrogen (secondary N) is 1. The fourth-order valence-electron chi connectivity index (χ4n) is 5.47. The number of nitrogens with zero attached hydrogens (tertiary/aromatic N) is 4. The number of halogens is 1. The first-order valence-corrected chi connectivity index (χ1v) is 14.0. The van der Waals surface area contributed by atoms with Crippen LogP contribution >= 0.6 is 0 Å². The molecule has 0 atom stereocenters. The van der Waals surface area contributed by atoms with Gasteiger partial charge in [0.2, 0.25) is 0 Å². The lowest BCUT2D eigenvalue weighted by Crippen LogP contribution is -2.43. The number of anilines is 2. The van der Waals surface area contributed by atoms with Gasteiger partial charge in [0.25, 0.3) is 11.8 Å². The van der Waals surface area contributed by atoms with Crippen molar-refractivity contribution in [2.75, 3.05) is 49.6 Å². The van der Waals surface area contributed by atoms with Crippen molar-refractivity contribution in [2.45, 2.75) is 38.8 Å². The summed E-state index contributed by atoms with van der Waals surface area (Å²) in [6.07, 6.45) is 2.59. The van der Waals surface area contributed by atoms with Crippen LogP contribution in [-0.4, -0.2) is 61.1 Å². The Labute approximate surface area is 241 Å². The van der Waals surface area contributed by atoms with Gasteiger partial charge in [-0.05, 0) is 60.4 Å². The number of aryl methyl sites for hydroxylation is 2. The molecule has 3 aromatic rings. The Morgan fingerprint density at radius 1 is 1.10 bits per heavy atom. The Bertz CT molecular complexity index is 1460. The minimum absolute atomic E-state index is 0. The summed E-state index contributed by atoms with van der Waals surface area (Å²) in [5.74, 6) is 0.324. The minimum Gasteiger partial charge on any atom is -0.378 e. The molecule has 2 aliphatic heterocycles. The highest BCUT2D eigenvalue weighted by Gasteiger charge is 2.38. The van der Waals surface area contributed by atoms with E-state index >= 15 is 4.39 Å². The van der Waals surface area contributed by atoms with Crippen LogP contribution < -0.4 is 10.2 Å². The number of piperidine rings is 1. The number of ether oxygens (including phenoxy) is 1. The van der Waals surface area contributed by atoms with Crippen LogP contribution in [0.5, 0.6) is 0 Å². The smallest absolute Gasteiger partial charge is 0.257 e. The van der Waals surface area contributed by atoms with Crippen LogP contribution in [0.4, 0.5) is 15.9 Å². The first-order chi connectivity index (χ1) is 19.8. The molecule has 0 unspecified atom stereocenters. The monoisotopic (exact) mass is 557 g/mol. The molecule has 2 saturated heterocycles. The molecule has 0 aliphatic carbocycles. The van der Waals surface area contributed by atoms with Crippen LogP contribution in [0.2, 0.25) is 0 Å². The molecule has 5 rings (SSSR count). The largest absolute Gasteiger partial charge is 0.378 e. The van der Waals surface area contributed by atoms with Crippen LogP contribution in [0.1, 0.15) is 64.2 Å². The molecule has 41 heavy (non-hydrogen) atoms. The van der Waals surface area contributed by atoms with Crippen molar-refractivity contribution >= 4 is 23.3 Å².